The minimum absolute atomic E-state index is 0.0244. The Morgan fingerprint density at radius 2 is 1.94 bits per heavy atom. The number of thioether (sulfide) groups is 1. The number of carbonyl (C=O) groups excluding carboxylic acids is 2. The molecule has 2 atom stereocenters. The van der Waals surface area contributed by atoms with E-state index >= 15 is 0 Å². The van der Waals surface area contributed by atoms with Gasteiger partial charge in [0.15, 0.2) is 15.0 Å². The highest BCUT2D eigenvalue weighted by Crippen LogP contribution is 2.43. The predicted molar refractivity (Wildman–Crippen MR) is 128 cm³/mol. The van der Waals surface area contributed by atoms with Gasteiger partial charge in [-0.15, -0.1) is 0 Å². The van der Waals surface area contributed by atoms with Gasteiger partial charge in [-0.2, -0.15) is 4.99 Å². The van der Waals surface area contributed by atoms with Crippen molar-refractivity contribution in [1.29, 1.82) is 0 Å². The van der Waals surface area contributed by atoms with Gasteiger partial charge in [0.1, 0.15) is 5.60 Å². The summed E-state index contributed by atoms with van der Waals surface area (Å²) >= 11 is 1.35. The topological polar surface area (TPSA) is 105 Å². The minimum atomic E-state index is -3.13. The summed E-state index contributed by atoms with van der Waals surface area (Å²) in [7, 11) is -3.13. The molecule has 1 aromatic carbocycles. The number of nitrogens with one attached hydrogen (secondary N) is 1. The molecule has 0 bridgehead atoms. The van der Waals surface area contributed by atoms with Crippen molar-refractivity contribution in [3.63, 3.8) is 0 Å². The van der Waals surface area contributed by atoms with Gasteiger partial charge in [-0.1, -0.05) is 43.8 Å². The van der Waals surface area contributed by atoms with E-state index in [1.165, 1.54) is 11.8 Å². The van der Waals surface area contributed by atoms with Crippen LogP contribution in [0.1, 0.15) is 52.5 Å². The number of aliphatic imine (C=N–C) groups is 1. The number of rotatable bonds is 5. The molecular formula is C22H31N3O5S2. The van der Waals surface area contributed by atoms with Crippen LogP contribution in [0.3, 0.4) is 0 Å². The van der Waals surface area contributed by atoms with Crippen LogP contribution in [0.25, 0.3) is 0 Å². The minimum Gasteiger partial charge on any atom is -0.444 e. The molecule has 0 unspecified atom stereocenters. The van der Waals surface area contributed by atoms with E-state index in [0.717, 1.165) is 11.3 Å². The van der Waals surface area contributed by atoms with Gasteiger partial charge in [0.2, 0.25) is 5.91 Å². The van der Waals surface area contributed by atoms with E-state index < -0.39 is 21.5 Å². The maximum absolute atomic E-state index is 12.6. The average Bonchev–Trinajstić information content (AvgIpc) is 3.10. The predicted octanol–water partition coefficient (Wildman–Crippen LogP) is 3.33. The number of amides is 2. The van der Waals surface area contributed by atoms with Crippen LogP contribution in [0.5, 0.6) is 0 Å². The Bertz CT molecular complexity index is 1010. The molecule has 8 nitrogen and oxygen atoms in total. The SMILES string of the molecule is CC(C)c1ccccc1N1C(=NC(=O)CCNC(=O)OC(C)(C)C)S[C@H]2CS(=O)(=O)C[C@H]21. The number of nitrogens with zero attached hydrogens (tertiary/aromatic N) is 2. The summed E-state index contributed by atoms with van der Waals surface area (Å²) in [5.41, 5.74) is 1.35. The van der Waals surface area contributed by atoms with Crippen LogP contribution in [0.15, 0.2) is 29.3 Å². The molecule has 0 radical (unpaired) electrons. The van der Waals surface area contributed by atoms with Crippen LogP contribution in [0.2, 0.25) is 0 Å². The smallest absolute Gasteiger partial charge is 0.407 e. The van der Waals surface area contributed by atoms with Crippen LogP contribution >= 0.6 is 11.8 Å². The van der Waals surface area contributed by atoms with Crippen LogP contribution < -0.4 is 10.2 Å². The third kappa shape index (κ3) is 6.04. The molecule has 2 fully saturated rings. The Morgan fingerprint density at radius 1 is 1.25 bits per heavy atom. The first kappa shape index (κ1) is 24.6. The number of hydrogen-bond acceptors (Lipinski definition) is 6. The summed E-state index contributed by atoms with van der Waals surface area (Å²) in [6.07, 6.45) is -0.559. The second kappa shape index (κ2) is 9.43. The highest BCUT2D eigenvalue weighted by atomic mass is 32.2. The number of benzene rings is 1. The summed E-state index contributed by atoms with van der Waals surface area (Å²) < 4.78 is 29.7. The van der Waals surface area contributed by atoms with E-state index in [0.29, 0.717) is 5.17 Å². The number of fused-ring (bicyclic) bond motifs is 1. The van der Waals surface area contributed by atoms with Gasteiger partial charge >= 0.3 is 6.09 Å². The zero-order valence-electron chi connectivity index (χ0n) is 19.1. The molecule has 10 heteroatoms. The first-order valence-corrected chi connectivity index (χ1v) is 13.4. The number of para-hydroxylation sites is 1. The molecule has 0 aliphatic carbocycles. The van der Waals surface area contributed by atoms with Gasteiger partial charge in [-0.05, 0) is 38.3 Å². The number of amidine groups is 1. The highest BCUT2D eigenvalue weighted by Gasteiger charge is 2.49. The number of sulfone groups is 1. The summed E-state index contributed by atoms with van der Waals surface area (Å²) in [5.74, 6) is -0.0257. The van der Waals surface area contributed by atoms with E-state index in [1.54, 1.807) is 20.8 Å². The second-order valence-corrected chi connectivity index (χ2v) is 12.7. The van der Waals surface area contributed by atoms with E-state index in [4.69, 9.17) is 4.74 Å². The van der Waals surface area contributed by atoms with Crippen molar-refractivity contribution in [2.24, 2.45) is 4.99 Å². The molecule has 0 spiro atoms. The van der Waals surface area contributed by atoms with E-state index in [9.17, 15) is 18.0 Å². The summed E-state index contributed by atoms with van der Waals surface area (Å²) in [6.45, 7) is 9.56. The van der Waals surface area contributed by atoms with Crippen LogP contribution in [-0.2, 0) is 19.4 Å². The molecule has 2 amide bonds. The molecule has 1 N–H and O–H groups in total. The summed E-state index contributed by atoms with van der Waals surface area (Å²) in [6, 6.07) is 7.58. The second-order valence-electron chi connectivity index (χ2n) is 9.35. The van der Waals surface area contributed by atoms with Gasteiger partial charge in [0.05, 0.1) is 17.5 Å². The highest BCUT2D eigenvalue weighted by molar-refractivity contribution is 8.16. The molecule has 2 aliphatic rings. The molecular weight excluding hydrogens is 450 g/mol. The Balaban J connectivity index is 1.78. The van der Waals surface area contributed by atoms with Gasteiger partial charge in [0.25, 0.3) is 0 Å². The van der Waals surface area contributed by atoms with E-state index in [1.807, 2.05) is 29.2 Å². The molecule has 2 saturated heterocycles. The van der Waals surface area contributed by atoms with Crippen molar-refractivity contribution in [2.75, 3.05) is 23.0 Å². The van der Waals surface area contributed by atoms with Crippen LogP contribution in [-0.4, -0.2) is 60.5 Å². The van der Waals surface area contributed by atoms with Gasteiger partial charge in [-0.25, -0.2) is 13.2 Å². The third-order valence-electron chi connectivity index (χ3n) is 5.11. The fourth-order valence-electron chi connectivity index (χ4n) is 3.79. The molecule has 0 saturated carbocycles. The first-order valence-electron chi connectivity index (χ1n) is 10.7. The van der Waals surface area contributed by atoms with Crippen LogP contribution in [0.4, 0.5) is 10.5 Å². The van der Waals surface area contributed by atoms with E-state index in [-0.39, 0.29) is 47.6 Å². The van der Waals surface area contributed by atoms with Crippen molar-refractivity contribution < 1.29 is 22.7 Å². The lowest BCUT2D eigenvalue weighted by molar-refractivity contribution is -0.117. The summed E-state index contributed by atoms with van der Waals surface area (Å²) in [4.78, 5) is 30.6. The quantitative estimate of drug-likeness (QED) is 0.688. The van der Waals surface area contributed by atoms with Crippen molar-refractivity contribution in [3.8, 4) is 0 Å². The number of hydrogen-bond donors (Lipinski definition) is 1. The lowest BCUT2D eigenvalue weighted by Crippen LogP contribution is -2.38. The third-order valence-corrected chi connectivity index (χ3v) is 8.32. The number of anilines is 1. The lowest BCUT2D eigenvalue weighted by Gasteiger charge is -2.28. The zero-order valence-corrected chi connectivity index (χ0v) is 20.8. The normalized spacial score (nSPS) is 23.4. The average molecular weight is 482 g/mol. The fraction of sp³-hybridized carbons (Fsp3) is 0.591. The Labute approximate surface area is 194 Å². The van der Waals surface area contributed by atoms with Crippen LogP contribution in [0, 0.1) is 0 Å². The molecule has 0 aromatic heterocycles. The van der Waals surface area contributed by atoms with Gasteiger partial charge in [-0.3, -0.25) is 4.79 Å². The standard InChI is InChI=1S/C22H31N3O5S2/c1-14(2)15-8-6-7-9-16(15)25-17-12-32(28,29)13-18(17)31-20(25)24-19(26)10-11-23-21(27)30-22(3,4)5/h6-9,14,17-18H,10-13H2,1-5H3,(H,23,27)/t17-,18+/m1/s1. The first-order chi connectivity index (χ1) is 14.9. The molecule has 2 heterocycles. The van der Waals surface area contributed by atoms with Crippen molar-refractivity contribution in [3.05, 3.63) is 29.8 Å². The number of alkyl carbamates (subject to hydrolysis) is 1. The number of carbonyl (C=O) groups is 2. The Kier molecular flexibility index (Phi) is 7.24. The van der Waals surface area contributed by atoms with Gasteiger partial charge < -0.3 is 15.0 Å². The fourth-order valence-corrected chi connectivity index (χ4v) is 7.71. The van der Waals surface area contributed by atoms with Crippen molar-refractivity contribution >= 4 is 44.5 Å². The Hall–Kier alpha value is -2.07. The maximum Gasteiger partial charge on any atom is 0.407 e. The lowest BCUT2D eigenvalue weighted by atomic mass is 9.99. The van der Waals surface area contributed by atoms with Crippen molar-refractivity contribution in [1.82, 2.24) is 5.32 Å². The Morgan fingerprint density at radius 3 is 2.59 bits per heavy atom. The molecule has 1 aromatic rings. The number of ether oxygens (including phenoxy) is 1. The molecule has 3 rings (SSSR count). The molecule has 32 heavy (non-hydrogen) atoms. The van der Waals surface area contributed by atoms with E-state index in [2.05, 4.69) is 24.2 Å². The zero-order chi connectivity index (χ0) is 23.7. The van der Waals surface area contributed by atoms with Crippen molar-refractivity contribution in [2.45, 2.75) is 63.9 Å². The molecule has 2 aliphatic heterocycles. The molecule has 176 valence electrons. The monoisotopic (exact) mass is 481 g/mol. The summed E-state index contributed by atoms with van der Waals surface area (Å²) in [5, 5.41) is 2.92. The largest absolute Gasteiger partial charge is 0.444 e. The van der Waals surface area contributed by atoms with Gasteiger partial charge in [0, 0.05) is 23.9 Å². The maximum atomic E-state index is 12.6.